The zero-order chi connectivity index (χ0) is 13.9. The Morgan fingerprint density at radius 1 is 1.26 bits per heavy atom. The van der Waals surface area contributed by atoms with Crippen molar-refractivity contribution in [3.05, 3.63) is 35.9 Å². The molecule has 0 spiro atoms. The normalized spacial score (nSPS) is 24.4. The average molecular weight is 260 g/mol. The van der Waals surface area contributed by atoms with Gasteiger partial charge >= 0.3 is 0 Å². The summed E-state index contributed by atoms with van der Waals surface area (Å²) in [4.78, 5) is 12.6. The molecule has 0 radical (unpaired) electrons. The van der Waals surface area contributed by atoms with Crippen molar-refractivity contribution in [2.45, 2.75) is 33.2 Å². The van der Waals surface area contributed by atoms with Crippen LogP contribution in [-0.4, -0.2) is 19.0 Å². The highest BCUT2D eigenvalue weighted by Crippen LogP contribution is 2.35. The predicted octanol–water partition coefficient (Wildman–Crippen LogP) is 2.50. The quantitative estimate of drug-likeness (QED) is 0.873. The molecular weight excluding hydrogens is 236 g/mol. The molecule has 1 amide bonds. The number of benzene rings is 1. The van der Waals surface area contributed by atoms with Crippen molar-refractivity contribution in [3.8, 4) is 0 Å². The van der Waals surface area contributed by atoms with Gasteiger partial charge in [-0.25, -0.2) is 0 Å². The van der Waals surface area contributed by atoms with Crippen LogP contribution in [0.3, 0.4) is 0 Å². The summed E-state index contributed by atoms with van der Waals surface area (Å²) in [6.07, 6.45) is 0.929. The minimum Gasteiger partial charge on any atom is -0.349 e. The van der Waals surface area contributed by atoms with Gasteiger partial charge in [-0.15, -0.1) is 0 Å². The first-order valence-corrected chi connectivity index (χ1v) is 7.13. The van der Waals surface area contributed by atoms with Gasteiger partial charge in [0.2, 0.25) is 5.91 Å². The smallest absolute Gasteiger partial charge is 0.228 e. The Hall–Kier alpha value is -1.35. The van der Waals surface area contributed by atoms with Gasteiger partial charge in [-0.1, -0.05) is 44.2 Å². The minimum atomic E-state index is -0.247. The molecule has 2 atom stereocenters. The average Bonchev–Trinajstić information content (AvgIpc) is 2.90. The molecular formula is C16H24N2O. The van der Waals surface area contributed by atoms with E-state index in [2.05, 4.69) is 36.6 Å². The molecule has 3 heteroatoms. The van der Waals surface area contributed by atoms with Crippen LogP contribution in [-0.2, 0) is 4.79 Å². The number of hydrogen-bond acceptors (Lipinski definition) is 2. The molecule has 1 unspecified atom stereocenters. The van der Waals surface area contributed by atoms with E-state index in [1.807, 2.05) is 25.1 Å². The van der Waals surface area contributed by atoms with E-state index in [-0.39, 0.29) is 17.4 Å². The molecule has 1 aromatic rings. The van der Waals surface area contributed by atoms with Crippen LogP contribution in [0.1, 0.15) is 38.8 Å². The molecule has 3 nitrogen and oxygen atoms in total. The first kappa shape index (κ1) is 14.1. The predicted molar refractivity (Wildman–Crippen MR) is 77.8 cm³/mol. The third-order valence-electron chi connectivity index (χ3n) is 4.39. The Labute approximate surface area is 115 Å². The van der Waals surface area contributed by atoms with E-state index in [4.69, 9.17) is 0 Å². The second kappa shape index (κ2) is 5.74. The summed E-state index contributed by atoms with van der Waals surface area (Å²) in [7, 11) is 0. The summed E-state index contributed by atoms with van der Waals surface area (Å²) in [6.45, 7) is 8.05. The van der Waals surface area contributed by atoms with E-state index in [9.17, 15) is 4.79 Å². The molecule has 0 aromatic heterocycles. The second-order valence-electron chi connectivity index (χ2n) is 5.84. The molecule has 1 heterocycles. The van der Waals surface area contributed by atoms with Gasteiger partial charge < -0.3 is 10.6 Å². The zero-order valence-corrected chi connectivity index (χ0v) is 12.1. The molecule has 0 aliphatic carbocycles. The van der Waals surface area contributed by atoms with Gasteiger partial charge in [-0.2, -0.15) is 0 Å². The van der Waals surface area contributed by atoms with E-state index in [1.54, 1.807) is 0 Å². The summed E-state index contributed by atoms with van der Waals surface area (Å²) in [5.74, 6) is 0.536. The fourth-order valence-corrected chi connectivity index (χ4v) is 2.83. The highest BCUT2D eigenvalue weighted by molar-refractivity contribution is 5.84. The maximum atomic E-state index is 12.6. The highest BCUT2D eigenvalue weighted by Gasteiger charge is 2.44. The maximum Gasteiger partial charge on any atom is 0.228 e. The fraction of sp³-hybridized carbons (Fsp3) is 0.562. The third-order valence-corrected chi connectivity index (χ3v) is 4.39. The summed E-state index contributed by atoms with van der Waals surface area (Å²) in [5.41, 5.74) is 0.906. The Morgan fingerprint density at radius 3 is 2.47 bits per heavy atom. The van der Waals surface area contributed by atoms with Crippen molar-refractivity contribution in [2.24, 2.45) is 11.3 Å². The molecule has 1 aliphatic rings. The first-order valence-electron chi connectivity index (χ1n) is 7.13. The van der Waals surface area contributed by atoms with Gasteiger partial charge in [0.1, 0.15) is 0 Å². The lowest BCUT2D eigenvalue weighted by molar-refractivity contribution is -0.133. The standard InChI is InChI=1S/C16H24N2O/c1-12(2)16(9-10-17-11-16)15(19)18-13(3)14-7-5-4-6-8-14/h4-8,12-13,17H,9-11H2,1-3H3,(H,18,19)/t13-,16?/m1/s1. The highest BCUT2D eigenvalue weighted by atomic mass is 16.2. The number of carbonyl (C=O) groups is 1. The topological polar surface area (TPSA) is 41.1 Å². The number of hydrogen-bond donors (Lipinski definition) is 2. The largest absolute Gasteiger partial charge is 0.349 e. The van der Waals surface area contributed by atoms with Crippen LogP contribution in [0.25, 0.3) is 0 Å². The van der Waals surface area contributed by atoms with E-state index in [0.717, 1.165) is 25.1 Å². The van der Waals surface area contributed by atoms with Crippen molar-refractivity contribution in [3.63, 3.8) is 0 Å². The zero-order valence-electron chi connectivity index (χ0n) is 12.1. The monoisotopic (exact) mass is 260 g/mol. The van der Waals surface area contributed by atoms with Crippen LogP contribution < -0.4 is 10.6 Å². The maximum absolute atomic E-state index is 12.6. The molecule has 1 fully saturated rings. The van der Waals surface area contributed by atoms with Gasteiger partial charge in [0.15, 0.2) is 0 Å². The van der Waals surface area contributed by atoms with Crippen molar-refractivity contribution in [2.75, 3.05) is 13.1 Å². The van der Waals surface area contributed by atoms with Crippen LogP contribution in [0, 0.1) is 11.3 Å². The van der Waals surface area contributed by atoms with E-state index < -0.39 is 0 Å². The molecule has 0 bridgehead atoms. The number of amides is 1. The molecule has 104 valence electrons. The summed E-state index contributed by atoms with van der Waals surface area (Å²) in [5, 5.41) is 6.51. The lowest BCUT2D eigenvalue weighted by atomic mass is 9.75. The van der Waals surface area contributed by atoms with Crippen LogP contribution in [0.2, 0.25) is 0 Å². The van der Waals surface area contributed by atoms with E-state index >= 15 is 0 Å². The molecule has 2 N–H and O–H groups in total. The lowest BCUT2D eigenvalue weighted by Gasteiger charge is -2.32. The number of rotatable bonds is 4. The Bertz CT molecular complexity index is 422. The van der Waals surface area contributed by atoms with Crippen LogP contribution >= 0.6 is 0 Å². The third kappa shape index (κ3) is 2.81. The lowest BCUT2D eigenvalue weighted by Crippen LogP contribution is -2.46. The summed E-state index contributed by atoms with van der Waals surface area (Å²) in [6, 6.07) is 10.2. The van der Waals surface area contributed by atoms with Gasteiger partial charge in [0.25, 0.3) is 0 Å². The second-order valence-corrected chi connectivity index (χ2v) is 5.84. The molecule has 2 rings (SSSR count). The Kier molecular flexibility index (Phi) is 4.25. The van der Waals surface area contributed by atoms with Gasteiger partial charge in [-0.3, -0.25) is 4.79 Å². The number of carbonyl (C=O) groups excluding carboxylic acids is 1. The van der Waals surface area contributed by atoms with E-state index in [1.165, 1.54) is 0 Å². The molecule has 1 aliphatic heterocycles. The van der Waals surface area contributed by atoms with Crippen molar-refractivity contribution in [1.29, 1.82) is 0 Å². The molecule has 1 saturated heterocycles. The first-order chi connectivity index (χ1) is 9.06. The van der Waals surface area contributed by atoms with Crippen LogP contribution in [0.5, 0.6) is 0 Å². The SMILES string of the molecule is CC(C)C1(C(=O)N[C@H](C)c2ccccc2)CCNC1. The molecule has 1 aromatic carbocycles. The fourth-order valence-electron chi connectivity index (χ4n) is 2.83. The van der Waals surface area contributed by atoms with Crippen LogP contribution in [0.15, 0.2) is 30.3 Å². The van der Waals surface area contributed by atoms with Crippen molar-refractivity contribution >= 4 is 5.91 Å². The summed E-state index contributed by atoms with van der Waals surface area (Å²) >= 11 is 0. The van der Waals surface area contributed by atoms with Gasteiger partial charge in [0.05, 0.1) is 11.5 Å². The minimum absolute atomic E-state index is 0.0601. The van der Waals surface area contributed by atoms with Crippen LogP contribution in [0.4, 0.5) is 0 Å². The Morgan fingerprint density at radius 2 is 1.95 bits per heavy atom. The number of nitrogens with one attached hydrogen (secondary N) is 2. The molecule has 19 heavy (non-hydrogen) atoms. The Balaban J connectivity index is 2.08. The van der Waals surface area contributed by atoms with Crippen molar-refractivity contribution < 1.29 is 4.79 Å². The van der Waals surface area contributed by atoms with Crippen molar-refractivity contribution in [1.82, 2.24) is 10.6 Å². The molecule has 0 saturated carbocycles. The van der Waals surface area contributed by atoms with Gasteiger partial charge in [-0.05, 0) is 31.4 Å². The van der Waals surface area contributed by atoms with E-state index in [0.29, 0.717) is 5.92 Å². The van der Waals surface area contributed by atoms with Gasteiger partial charge in [0, 0.05) is 6.54 Å². The summed E-state index contributed by atoms with van der Waals surface area (Å²) < 4.78 is 0.